The van der Waals surface area contributed by atoms with Crippen LogP contribution >= 0.6 is 0 Å². The molecule has 1 aromatic rings. The van der Waals surface area contributed by atoms with Gasteiger partial charge in [-0.05, 0) is 5.92 Å². The Morgan fingerprint density at radius 1 is 1.35 bits per heavy atom. The highest BCUT2D eigenvalue weighted by molar-refractivity contribution is 5.51. The Kier molecular flexibility index (Phi) is 5.39. The number of morpholine rings is 1. The predicted molar refractivity (Wildman–Crippen MR) is 79.1 cm³/mol. The van der Waals surface area contributed by atoms with Crippen LogP contribution in [0.4, 0.5) is 5.82 Å². The molecular formula is C14H26N4O2. The summed E-state index contributed by atoms with van der Waals surface area (Å²) in [7, 11) is 2.01. The highest BCUT2D eigenvalue weighted by atomic mass is 16.5. The molecule has 2 N–H and O–H groups in total. The van der Waals surface area contributed by atoms with Gasteiger partial charge in [0, 0.05) is 38.8 Å². The van der Waals surface area contributed by atoms with Crippen molar-refractivity contribution in [2.75, 3.05) is 44.4 Å². The molecule has 0 aromatic carbocycles. The number of aliphatic hydroxyl groups is 1. The van der Waals surface area contributed by atoms with Crippen LogP contribution in [0.1, 0.15) is 31.0 Å². The Balaban J connectivity index is 2.27. The Morgan fingerprint density at radius 3 is 2.65 bits per heavy atom. The van der Waals surface area contributed by atoms with E-state index in [9.17, 15) is 0 Å². The highest BCUT2D eigenvalue weighted by Crippen LogP contribution is 2.28. The topological polar surface area (TPSA) is 62.5 Å². The average Bonchev–Trinajstić information content (AvgIpc) is 2.77. The lowest BCUT2D eigenvalue weighted by molar-refractivity contribution is 0.122. The molecule has 1 fully saturated rings. The molecule has 6 heteroatoms. The number of nitrogens with one attached hydrogen (secondary N) is 1. The maximum absolute atomic E-state index is 8.94. The molecule has 0 unspecified atom stereocenters. The smallest absolute Gasteiger partial charge is 0.131 e. The summed E-state index contributed by atoms with van der Waals surface area (Å²) in [6.45, 7) is 9.20. The zero-order valence-electron chi connectivity index (χ0n) is 12.7. The van der Waals surface area contributed by atoms with E-state index in [-0.39, 0.29) is 6.61 Å². The fourth-order valence-electron chi connectivity index (χ4n) is 2.68. The molecular weight excluding hydrogens is 256 g/mol. The number of nitrogens with zero attached hydrogens (tertiary/aromatic N) is 3. The molecule has 1 aliphatic heterocycles. The summed E-state index contributed by atoms with van der Waals surface area (Å²) >= 11 is 0. The van der Waals surface area contributed by atoms with Crippen LogP contribution in [-0.2, 0) is 18.3 Å². The molecule has 0 saturated carbocycles. The monoisotopic (exact) mass is 282 g/mol. The predicted octanol–water partition coefficient (Wildman–Crippen LogP) is 0.462. The first-order chi connectivity index (χ1) is 9.65. The van der Waals surface area contributed by atoms with E-state index >= 15 is 0 Å². The van der Waals surface area contributed by atoms with Crippen molar-refractivity contribution < 1.29 is 9.84 Å². The lowest BCUT2D eigenvalue weighted by Crippen LogP contribution is -2.38. The fraction of sp³-hybridized carbons (Fsp3) is 0.786. The van der Waals surface area contributed by atoms with Gasteiger partial charge in [0.1, 0.15) is 5.82 Å². The summed E-state index contributed by atoms with van der Waals surface area (Å²) in [5.41, 5.74) is 2.39. The minimum atomic E-state index is 0.157. The van der Waals surface area contributed by atoms with Gasteiger partial charge in [-0.25, -0.2) is 0 Å². The van der Waals surface area contributed by atoms with Gasteiger partial charge in [0.05, 0.1) is 25.5 Å². The van der Waals surface area contributed by atoms with E-state index in [2.05, 4.69) is 24.1 Å². The summed E-state index contributed by atoms with van der Waals surface area (Å²) in [6.07, 6.45) is 0. The maximum atomic E-state index is 8.94. The minimum Gasteiger partial charge on any atom is -0.395 e. The van der Waals surface area contributed by atoms with Crippen molar-refractivity contribution in [2.24, 2.45) is 7.05 Å². The number of anilines is 1. The van der Waals surface area contributed by atoms with Gasteiger partial charge >= 0.3 is 0 Å². The van der Waals surface area contributed by atoms with Crippen LogP contribution in [0.3, 0.4) is 0 Å². The second kappa shape index (κ2) is 7.06. The van der Waals surface area contributed by atoms with Gasteiger partial charge in [0.2, 0.25) is 0 Å². The van der Waals surface area contributed by atoms with E-state index in [4.69, 9.17) is 14.9 Å². The van der Waals surface area contributed by atoms with Gasteiger partial charge in [-0.2, -0.15) is 5.10 Å². The second-order valence-electron chi connectivity index (χ2n) is 5.47. The van der Waals surface area contributed by atoms with Gasteiger partial charge in [0.25, 0.3) is 0 Å². The first-order valence-electron chi connectivity index (χ1n) is 7.35. The van der Waals surface area contributed by atoms with Gasteiger partial charge in [-0.1, -0.05) is 13.8 Å². The third kappa shape index (κ3) is 3.31. The van der Waals surface area contributed by atoms with Crippen molar-refractivity contribution >= 4 is 5.82 Å². The molecule has 0 atom stereocenters. The molecule has 114 valence electrons. The third-order valence-electron chi connectivity index (χ3n) is 3.59. The summed E-state index contributed by atoms with van der Waals surface area (Å²) in [6, 6.07) is 0. The van der Waals surface area contributed by atoms with Crippen LogP contribution in [0.2, 0.25) is 0 Å². The zero-order valence-corrected chi connectivity index (χ0v) is 12.7. The zero-order chi connectivity index (χ0) is 14.5. The maximum Gasteiger partial charge on any atom is 0.131 e. The van der Waals surface area contributed by atoms with Gasteiger partial charge in [-0.3, -0.25) is 4.68 Å². The summed E-state index contributed by atoms with van der Waals surface area (Å²) < 4.78 is 7.42. The van der Waals surface area contributed by atoms with Crippen molar-refractivity contribution in [1.29, 1.82) is 0 Å². The van der Waals surface area contributed by atoms with Crippen LogP contribution < -0.4 is 10.2 Å². The molecule has 0 radical (unpaired) electrons. The van der Waals surface area contributed by atoms with Crippen LogP contribution in [0, 0.1) is 0 Å². The SMILES string of the molecule is CC(C)c1nn(C)c(N2CCOCC2)c1CNCCO. The molecule has 2 rings (SSSR count). The quantitative estimate of drug-likeness (QED) is 0.742. The van der Waals surface area contributed by atoms with Crippen LogP contribution in [0.25, 0.3) is 0 Å². The van der Waals surface area contributed by atoms with Gasteiger partial charge in [0.15, 0.2) is 0 Å². The van der Waals surface area contributed by atoms with Crippen molar-refractivity contribution in [1.82, 2.24) is 15.1 Å². The number of aromatic nitrogens is 2. The molecule has 20 heavy (non-hydrogen) atoms. The summed E-state index contributed by atoms with van der Waals surface area (Å²) in [5.74, 6) is 1.57. The largest absolute Gasteiger partial charge is 0.395 e. The standard InChI is InChI=1S/C14H26N4O2/c1-11(2)13-12(10-15-4-7-19)14(17(3)16-13)18-5-8-20-9-6-18/h11,15,19H,4-10H2,1-3H3. The van der Waals surface area contributed by atoms with E-state index in [0.717, 1.165) is 38.5 Å². The van der Waals surface area contributed by atoms with Crippen LogP contribution in [0.15, 0.2) is 0 Å². The van der Waals surface area contributed by atoms with E-state index < -0.39 is 0 Å². The minimum absolute atomic E-state index is 0.157. The van der Waals surface area contributed by atoms with Gasteiger partial charge < -0.3 is 20.1 Å². The number of hydrogen-bond donors (Lipinski definition) is 2. The Morgan fingerprint density at radius 2 is 2.05 bits per heavy atom. The van der Waals surface area contributed by atoms with Crippen molar-refractivity contribution in [3.63, 3.8) is 0 Å². The second-order valence-corrected chi connectivity index (χ2v) is 5.47. The fourth-order valence-corrected chi connectivity index (χ4v) is 2.68. The molecule has 1 aromatic heterocycles. The number of rotatable bonds is 6. The van der Waals surface area contributed by atoms with Crippen LogP contribution in [-0.4, -0.2) is 54.3 Å². The molecule has 0 aliphatic carbocycles. The average molecular weight is 282 g/mol. The molecule has 1 saturated heterocycles. The molecule has 0 amide bonds. The number of hydrogen-bond acceptors (Lipinski definition) is 5. The highest BCUT2D eigenvalue weighted by Gasteiger charge is 2.23. The molecule has 6 nitrogen and oxygen atoms in total. The Labute approximate surface area is 120 Å². The van der Waals surface area contributed by atoms with Crippen molar-refractivity contribution in [3.05, 3.63) is 11.3 Å². The summed E-state index contributed by atoms with van der Waals surface area (Å²) in [5, 5.41) is 16.9. The lowest BCUT2D eigenvalue weighted by Gasteiger charge is -2.29. The Hall–Kier alpha value is -1.11. The number of aliphatic hydroxyl groups excluding tert-OH is 1. The van der Waals surface area contributed by atoms with E-state index in [0.29, 0.717) is 12.5 Å². The van der Waals surface area contributed by atoms with E-state index in [1.807, 2.05) is 11.7 Å². The summed E-state index contributed by atoms with van der Waals surface area (Å²) in [4.78, 5) is 2.35. The first kappa shape index (κ1) is 15.3. The molecule has 0 bridgehead atoms. The first-order valence-corrected chi connectivity index (χ1v) is 7.35. The van der Waals surface area contributed by atoms with Crippen LogP contribution in [0.5, 0.6) is 0 Å². The van der Waals surface area contributed by atoms with E-state index in [1.165, 1.54) is 11.4 Å². The van der Waals surface area contributed by atoms with Gasteiger partial charge in [-0.15, -0.1) is 0 Å². The van der Waals surface area contributed by atoms with Crippen molar-refractivity contribution in [2.45, 2.75) is 26.3 Å². The molecule has 0 spiro atoms. The van der Waals surface area contributed by atoms with E-state index in [1.54, 1.807) is 0 Å². The van der Waals surface area contributed by atoms with Crippen molar-refractivity contribution in [3.8, 4) is 0 Å². The molecule has 2 heterocycles. The lowest BCUT2D eigenvalue weighted by atomic mass is 10.1. The Bertz CT molecular complexity index is 425. The third-order valence-corrected chi connectivity index (χ3v) is 3.59. The number of aryl methyl sites for hydroxylation is 1. The normalized spacial score (nSPS) is 16.1. The number of ether oxygens (including phenoxy) is 1. The molecule has 1 aliphatic rings.